The van der Waals surface area contributed by atoms with Gasteiger partial charge < -0.3 is 10.2 Å². The molecule has 1 aliphatic heterocycles. The van der Waals surface area contributed by atoms with Gasteiger partial charge in [0.05, 0.1) is 12.1 Å². The minimum absolute atomic E-state index is 0.0748. The molecule has 1 aliphatic rings. The van der Waals surface area contributed by atoms with Gasteiger partial charge >= 0.3 is 5.97 Å². The lowest BCUT2D eigenvalue weighted by molar-refractivity contribution is -0.139. The van der Waals surface area contributed by atoms with E-state index in [2.05, 4.69) is 5.48 Å². The first-order valence-electron chi connectivity index (χ1n) is 4.80. The number of hydroxylamine groups is 1. The summed E-state index contributed by atoms with van der Waals surface area (Å²) in [7, 11) is 0. The Bertz CT molecular complexity index is 424. The van der Waals surface area contributed by atoms with Crippen molar-refractivity contribution in [1.29, 1.82) is 0 Å². The topological polar surface area (TPSA) is 78.8 Å². The Balaban J connectivity index is 2.11. The van der Waals surface area contributed by atoms with Crippen molar-refractivity contribution in [2.24, 2.45) is 0 Å². The summed E-state index contributed by atoms with van der Waals surface area (Å²) in [5.74, 6) is -0.722. The van der Waals surface area contributed by atoms with Crippen LogP contribution in [0.1, 0.15) is 12.0 Å². The molecule has 0 spiro atoms. The number of aliphatic carboxylic acids is 1. The average molecular weight is 221 g/mol. The number of aromatic hydroxyl groups is 1. The van der Waals surface area contributed by atoms with Crippen LogP contribution in [0.2, 0.25) is 0 Å². The molecule has 0 saturated heterocycles. The maximum absolute atomic E-state index is 10.5. The van der Waals surface area contributed by atoms with E-state index in [4.69, 9.17) is 15.1 Å². The number of hydrogen-bond acceptors (Lipinski definition) is 4. The van der Waals surface area contributed by atoms with E-state index in [-0.39, 0.29) is 12.2 Å². The Kier molecular flexibility index (Phi) is 2.78. The smallest absolute Gasteiger partial charge is 0.306 e. The summed E-state index contributed by atoms with van der Waals surface area (Å²) in [6, 6.07) is 6.56. The number of nitrogens with one attached hydrogen (secondary N) is 1. The van der Waals surface area contributed by atoms with Crippen LogP contribution in [0.4, 0.5) is 0 Å². The third-order valence-electron chi connectivity index (χ3n) is 2.23. The Morgan fingerprint density at radius 3 is 2.69 bits per heavy atom. The molecular weight excluding hydrogens is 210 g/mol. The first-order valence-corrected chi connectivity index (χ1v) is 4.80. The lowest BCUT2D eigenvalue weighted by Crippen LogP contribution is -2.15. The number of carboxylic acid groups (broad SMARTS) is 1. The number of phenols is 1. The van der Waals surface area contributed by atoms with Gasteiger partial charge in [0.1, 0.15) is 11.9 Å². The van der Waals surface area contributed by atoms with Crippen LogP contribution in [0.3, 0.4) is 0 Å². The standard InChI is InChI=1S/C11H11NO4/c13-8-3-1-7(2-4-8)10-5-9(16-12-10)6-11(14)15/h1-5,9,12-13H,6H2,(H,14,15). The Labute approximate surface area is 91.9 Å². The van der Waals surface area contributed by atoms with Crippen LogP contribution in [-0.2, 0) is 9.63 Å². The highest BCUT2D eigenvalue weighted by Gasteiger charge is 2.19. The van der Waals surface area contributed by atoms with Crippen LogP contribution in [-0.4, -0.2) is 22.3 Å². The molecule has 0 aliphatic carbocycles. The van der Waals surface area contributed by atoms with E-state index in [1.807, 2.05) is 0 Å². The molecule has 0 radical (unpaired) electrons. The van der Waals surface area contributed by atoms with E-state index >= 15 is 0 Å². The first-order chi connectivity index (χ1) is 7.65. The highest BCUT2D eigenvalue weighted by atomic mass is 16.7. The molecule has 5 heteroatoms. The zero-order valence-corrected chi connectivity index (χ0v) is 8.38. The summed E-state index contributed by atoms with van der Waals surface area (Å²) >= 11 is 0. The van der Waals surface area contributed by atoms with Crippen molar-refractivity contribution in [3.8, 4) is 5.75 Å². The number of hydrogen-bond donors (Lipinski definition) is 3. The van der Waals surface area contributed by atoms with Crippen LogP contribution < -0.4 is 5.48 Å². The van der Waals surface area contributed by atoms with Gasteiger partial charge in [0.2, 0.25) is 0 Å². The molecule has 0 amide bonds. The van der Waals surface area contributed by atoms with Crippen molar-refractivity contribution < 1.29 is 19.8 Å². The highest BCUT2D eigenvalue weighted by molar-refractivity contribution is 5.70. The Morgan fingerprint density at radius 2 is 2.06 bits per heavy atom. The molecule has 0 bridgehead atoms. The summed E-state index contributed by atoms with van der Waals surface area (Å²) < 4.78 is 0. The lowest BCUT2D eigenvalue weighted by atomic mass is 10.1. The average Bonchev–Trinajstić information content (AvgIpc) is 2.66. The molecule has 5 nitrogen and oxygen atoms in total. The molecule has 1 unspecified atom stereocenters. The predicted molar refractivity (Wildman–Crippen MR) is 56.3 cm³/mol. The van der Waals surface area contributed by atoms with E-state index < -0.39 is 12.1 Å². The summed E-state index contributed by atoms with van der Waals surface area (Å²) in [6.07, 6.45) is 1.18. The summed E-state index contributed by atoms with van der Waals surface area (Å²) in [6.45, 7) is 0. The number of benzene rings is 1. The summed E-state index contributed by atoms with van der Waals surface area (Å²) in [4.78, 5) is 15.5. The molecule has 2 rings (SSSR count). The van der Waals surface area contributed by atoms with Gasteiger partial charge in [0.15, 0.2) is 0 Å². The summed E-state index contributed by atoms with van der Waals surface area (Å²) in [5, 5.41) is 17.7. The van der Waals surface area contributed by atoms with Crippen molar-refractivity contribution in [2.75, 3.05) is 0 Å². The number of carboxylic acids is 1. The molecule has 0 fully saturated rings. The van der Waals surface area contributed by atoms with Crippen LogP contribution in [0.5, 0.6) is 5.75 Å². The summed E-state index contributed by atoms with van der Waals surface area (Å²) in [5.41, 5.74) is 4.22. The maximum Gasteiger partial charge on any atom is 0.306 e. The first kappa shape index (κ1) is 10.5. The Morgan fingerprint density at radius 1 is 1.38 bits per heavy atom. The van der Waals surface area contributed by atoms with Gasteiger partial charge in [-0.2, -0.15) is 0 Å². The molecule has 1 aromatic rings. The molecular formula is C11H11NO4. The molecule has 84 valence electrons. The second kappa shape index (κ2) is 4.24. The molecule has 0 aromatic heterocycles. The quantitative estimate of drug-likeness (QED) is 0.712. The van der Waals surface area contributed by atoms with Gasteiger partial charge in [0.25, 0.3) is 0 Å². The maximum atomic E-state index is 10.5. The molecule has 1 atom stereocenters. The molecule has 16 heavy (non-hydrogen) atoms. The van der Waals surface area contributed by atoms with E-state index in [9.17, 15) is 4.79 Å². The normalized spacial score (nSPS) is 19.0. The predicted octanol–water partition coefficient (Wildman–Crippen LogP) is 1.11. The lowest BCUT2D eigenvalue weighted by Gasteiger charge is -2.04. The number of carbonyl (C=O) groups is 1. The van der Waals surface area contributed by atoms with Gasteiger partial charge in [0, 0.05) is 0 Å². The molecule has 1 heterocycles. The monoisotopic (exact) mass is 221 g/mol. The van der Waals surface area contributed by atoms with Crippen molar-refractivity contribution in [2.45, 2.75) is 12.5 Å². The van der Waals surface area contributed by atoms with E-state index in [0.29, 0.717) is 5.70 Å². The van der Waals surface area contributed by atoms with Crippen LogP contribution >= 0.6 is 0 Å². The van der Waals surface area contributed by atoms with Gasteiger partial charge in [-0.3, -0.25) is 15.1 Å². The van der Waals surface area contributed by atoms with Crippen LogP contribution in [0, 0.1) is 0 Å². The van der Waals surface area contributed by atoms with E-state index in [1.165, 1.54) is 0 Å². The second-order valence-corrected chi connectivity index (χ2v) is 3.48. The van der Waals surface area contributed by atoms with Crippen LogP contribution in [0.25, 0.3) is 5.70 Å². The van der Waals surface area contributed by atoms with E-state index in [1.54, 1.807) is 30.3 Å². The van der Waals surface area contributed by atoms with Gasteiger partial charge in [-0.1, -0.05) is 0 Å². The largest absolute Gasteiger partial charge is 0.508 e. The zero-order chi connectivity index (χ0) is 11.5. The Hall–Kier alpha value is -2.01. The van der Waals surface area contributed by atoms with Crippen molar-refractivity contribution in [1.82, 2.24) is 5.48 Å². The fourth-order valence-corrected chi connectivity index (χ4v) is 1.46. The third-order valence-corrected chi connectivity index (χ3v) is 2.23. The minimum atomic E-state index is -0.907. The fourth-order valence-electron chi connectivity index (χ4n) is 1.46. The molecule has 3 N–H and O–H groups in total. The van der Waals surface area contributed by atoms with Crippen molar-refractivity contribution in [3.63, 3.8) is 0 Å². The van der Waals surface area contributed by atoms with Crippen molar-refractivity contribution >= 4 is 11.7 Å². The van der Waals surface area contributed by atoms with Gasteiger partial charge in [-0.05, 0) is 35.9 Å². The van der Waals surface area contributed by atoms with Gasteiger partial charge in [-0.15, -0.1) is 0 Å². The van der Waals surface area contributed by atoms with Crippen LogP contribution in [0.15, 0.2) is 30.3 Å². The SMILES string of the molecule is O=C(O)CC1C=C(c2ccc(O)cc2)NO1. The minimum Gasteiger partial charge on any atom is -0.508 e. The van der Waals surface area contributed by atoms with Gasteiger partial charge in [-0.25, -0.2) is 0 Å². The van der Waals surface area contributed by atoms with E-state index in [0.717, 1.165) is 5.56 Å². The third kappa shape index (κ3) is 2.32. The number of phenolic OH excluding ortho intramolecular Hbond substituents is 1. The fraction of sp³-hybridized carbons (Fsp3) is 0.182. The second-order valence-electron chi connectivity index (χ2n) is 3.48. The molecule has 1 aromatic carbocycles. The number of rotatable bonds is 3. The highest BCUT2D eigenvalue weighted by Crippen LogP contribution is 2.21. The molecule has 0 saturated carbocycles. The van der Waals surface area contributed by atoms with Crippen molar-refractivity contribution in [3.05, 3.63) is 35.9 Å². The zero-order valence-electron chi connectivity index (χ0n) is 8.38.